The SMILES string of the molecule is CCNC(C)(CCCN(CC(C)C)C(C)C)C(N)=O. The van der Waals surface area contributed by atoms with Crippen molar-refractivity contribution in [3.63, 3.8) is 0 Å². The summed E-state index contributed by atoms with van der Waals surface area (Å²) in [5.41, 5.74) is 4.93. The predicted octanol–water partition coefficient (Wildman–Crippen LogP) is 1.99. The van der Waals surface area contributed by atoms with Gasteiger partial charge in [-0.2, -0.15) is 0 Å². The van der Waals surface area contributed by atoms with Gasteiger partial charge in [-0.25, -0.2) is 0 Å². The highest BCUT2D eigenvalue weighted by Crippen LogP contribution is 2.14. The Morgan fingerprint density at radius 1 is 1.32 bits per heavy atom. The maximum Gasteiger partial charge on any atom is 0.237 e. The van der Waals surface area contributed by atoms with Gasteiger partial charge in [0.25, 0.3) is 0 Å². The van der Waals surface area contributed by atoms with Gasteiger partial charge in [0.1, 0.15) is 0 Å². The van der Waals surface area contributed by atoms with E-state index in [1.807, 2.05) is 13.8 Å². The lowest BCUT2D eigenvalue weighted by atomic mass is 9.94. The van der Waals surface area contributed by atoms with Crippen LogP contribution >= 0.6 is 0 Å². The van der Waals surface area contributed by atoms with Gasteiger partial charge in [0.15, 0.2) is 0 Å². The Bertz CT molecular complexity index is 266. The van der Waals surface area contributed by atoms with Crippen LogP contribution in [0.1, 0.15) is 54.4 Å². The van der Waals surface area contributed by atoms with E-state index in [1.54, 1.807) is 0 Å². The molecule has 0 aromatic heterocycles. The van der Waals surface area contributed by atoms with Crippen molar-refractivity contribution in [2.24, 2.45) is 11.7 Å². The van der Waals surface area contributed by atoms with Crippen molar-refractivity contribution in [3.8, 4) is 0 Å². The second kappa shape index (κ2) is 8.54. The molecule has 0 aliphatic heterocycles. The fourth-order valence-corrected chi connectivity index (χ4v) is 2.35. The maximum atomic E-state index is 11.5. The summed E-state index contributed by atoms with van der Waals surface area (Å²) in [6.07, 6.45) is 1.77. The first-order chi connectivity index (χ1) is 8.73. The van der Waals surface area contributed by atoms with Crippen molar-refractivity contribution in [1.29, 1.82) is 0 Å². The first kappa shape index (κ1) is 18.4. The number of hydrogen-bond donors (Lipinski definition) is 2. The molecule has 0 aromatic rings. The highest BCUT2D eigenvalue weighted by molar-refractivity contribution is 5.84. The zero-order valence-electron chi connectivity index (χ0n) is 13.6. The number of carbonyl (C=O) groups excluding carboxylic acids is 1. The summed E-state index contributed by atoms with van der Waals surface area (Å²) in [6.45, 7) is 15.7. The van der Waals surface area contributed by atoms with Gasteiger partial charge in [0.2, 0.25) is 5.91 Å². The number of nitrogens with two attached hydrogens (primary N) is 1. The quantitative estimate of drug-likeness (QED) is 0.639. The molecule has 0 bridgehead atoms. The molecule has 0 aliphatic carbocycles. The number of amides is 1. The Labute approximate surface area is 119 Å². The van der Waals surface area contributed by atoms with Gasteiger partial charge in [-0.3, -0.25) is 4.79 Å². The molecule has 0 saturated carbocycles. The molecule has 1 atom stereocenters. The fraction of sp³-hybridized carbons (Fsp3) is 0.933. The van der Waals surface area contributed by atoms with E-state index >= 15 is 0 Å². The van der Waals surface area contributed by atoms with Gasteiger partial charge in [0, 0.05) is 12.6 Å². The van der Waals surface area contributed by atoms with Gasteiger partial charge in [-0.15, -0.1) is 0 Å². The lowest BCUT2D eigenvalue weighted by Gasteiger charge is -2.31. The molecule has 0 saturated heterocycles. The number of hydrogen-bond acceptors (Lipinski definition) is 3. The molecule has 0 fully saturated rings. The Balaban J connectivity index is 4.33. The standard InChI is InChI=1S/C15H33N3O/c1-7-17-15(6,14(16)19)9-8-10-18(13(4)5)11-12(2)3/h12-13,17H,7-11H2,1-6H3,(H2,16,19). The minimum absolute atomic E-state index is 0.255. The van der Waals surface area contributed by atoms with Gasteiger partial charge in [-0.1, -0.05) is 20.8 Å². The number of likely N-dealkylation sites (N-methyl/N-ethyl adjacent to an activating group) is 1. The average molecular weight is 271 g/mol. The van der Waals surface area contributed by atoms with Crippen LogP contribution in [-0.2, 0) is 4.79 Å². The zero-order chi connectivity index (χ0) is 15.1. The van der Waals surface area contributed by atoms with Crippen molar-refractivity contribution in [2.45, 2.75) is 66.0 Å². The first-order valence-electron chi connectivity index (χ1n) is 7.52. The van der Waals surface area contributed by atoms with Gasteiger partial charge >= 0.3 is 0 Å². The van der Waals surface area contributed by atoms with Crippen LogP contribution in [0.3, 0.4) is 0 Å². The molecule has 19 heavy (non-hydrogen) atoms. The monoisotopic (exact) mass is 271 g/mol. The van der Waals surface area contributed by atoms with Crippen LogP contribution in [0.4, 0.5) is 0 Å². The molecule has 4 nitrogen and oxygen atoms in total. The summed E-state index contributed by atoms with van der Waals surface area (Å²) in [6, 6.07) is 0.543. The Kier molecular flexibility index (Phi) is 8.26. The molecular formula is C15H33N3O. The third-order valence-electron chi connectivity index (χ3n) is 3.56. The molecule has 4 heteroatoms. The largest absolute Gasteiger partial charge is 0.368 e. The Hall–Kier alpha value is -0.610. The lowest BCUT2D eigenvalue weighted by molar-refractivity contribution is -0.124. The maximum absolute atomic E-state index is 11.5. The number of nitrogens with one attached hydrogen (secondary N) is 1. The van der Waals surface area contributed by atoms with Gasteiger partial charge in [0.05, 0.1) is 5.54 Å². The highest BCUT2D eigenvalue weighted by atomic mass is 16.1. The van der Waals surface area contributed by atoms with Crippen LogP contribution in [-0.4, -0.2) is 42.0 Å². The molecule has 0 radical (unpaired) electrons. The number of nitrogens with zero attached hydrogens (tertiary/aromatic N) is 1. The summed E-state index contributed by atoms with van der Waals surface area (Å²) < 4.78 is 0. The highest BCUT2D eigenvalue weighted by Gasteiger charge is 2.29. The van der Waals surface area contributed by atoms with Crippen molar-refractivity contribution >= 4 is 5.91 Å². The number of primary amides is 1. The first-order valence-corrected chi connectivity index (χ1v) is 7.52. The molecule has 1 amide bonds. The number of carbonyl (C=O) groups is 1. The molecule has 1 unspecified atom stereocenters. The smallest absolute Gasteiger partial charge is 0.237 e. The second-order valence-corrected chi connectivity index (χ2v) is 6.31. The predicted molar refractivity (Wildman–Crippen MR) is 82.1 cm³/mol. The summed E-state index contributed by atoms with van der Waals surface area (Å²) in [4.78, 5) is 14.0. The van der Waals surface area contributed by atoms with Crippen molar-refractivity contribution in [3.05, 3.63) is 0 Å². The minimum Gasteiger partial charge on any atom is -0.368 e. The summed E-state index contributed by atoms with van der Waals surface area (Å²) in [5, 5.41) is 3.21. The van der Waals surface area contributed by atoms with E-state index in [9.17, 15) is 4.79 Å². The summed E-state index contributed by atoms with van der Waals surface area (Å²) in [7, 11) is 0. The third kappa shape index (κ3) is 6.92. The zero-order valence-corrected chi connectivity index (χ0v) is 13.6. The second-order valence-electron chi connectivity index (χ2n) is 6.31. The molecule has 0 heterocycles. The third-order valence-corrected chi connectivity index (χ3v) is 3.56. The van der Waals surface area contributed by atoms with Crippen LogP contribution in [0.2, 0.25) is 0 Å². The fourth-order valence-electron chi connectivity index (χ4n) is 2.35. The number of rotatable bonds is 10. The minimum atomic E-state index is -0.574. The molecule has 0 aliphatic rings. The van der Waals surface area contributed by atoms with E-state index in [0.717, 1.165) is 32.5 Å². The van der Waals surface area contributed by atoms with Crippen molar-refractivity contribution in [1.82, 2.24) is 10.2 Å². The topological polar surface area (TPSA) is 58.4 Å². The molecule has 114 valence electrons. The molecule has 0 rings (SSSR count). The van der Waals surface area contributed by atoms with E-state index in [0.29, 0.717) is 12.0 Å². The van der Waals surface area contributed by atoms with Gasteiger partial charge in [-0.05, 0) is 52.6 Å². The van der Waals surface area contributed by atoms with Crippen molar-refractivity contribution in [2.75, 3.05) is 19.6 Å². The van der Waals surface area contributed by atoms with E-state index in [4.69, 9.17) is 5.73 Å². The lowest BCUT2D eigenvalue weighted by Crippen LogP contribution is -2.53. The Morgan fingerprint density at radius 3 is 2.26 bits per heavy atom. The summed E-state index contributed by atoms with van der Waals surface area (Å²) in [5.74, 6) is 0.410. The van der Waals surface area contributed by atoms with Gasteiger partial charge < -0.3 is 16.0 Å². The Morgan fingerprint density at radius 2 is 1.89 bits per heavy atom. The van der Waals surface area contributed by atoms with E-state index in [1.165, 1.54) is 0 Å². The molecule has 0 aromatic carbocycles. The van der Waals surface area contributed by atoms with Crippen LogP contribution in [0.25, 0.3) is 0 Å². The van der Waals surface area contributed by atoms with E-state index in [-0.39, 0.29) is 5.91 Å². The summed E-state index contributed by atoms with van der Waals surface area (Å²) >= 11 is 0. The van der Waals surface area contributed by atoms with Crippen LogP contribution in [0.15, 0.2) is 0 Å². The van der Waals surface area contributed by atoms with Crippen LogP contribution in [0.5, 0.6) is 0 Å². The van der Waals surface area contributed by atoms with Crippen molar-refractivity contribution < 1.29 is 4.79 Å². The average Bonchev–Trinajstić information content (AvgIpc) is 2.27. The van der Waals surface area contributed by atoms with Crippen LogP contribution in [0, 0.1) is 5.92 Å². The normalized spacial score (nSPS) is 15.2. The van der Waals surface area contributed by atoms with Crippen LogP contribution < -0.4 is 11.1 Å². The molecule has 3 N–H and O–H groups in total. The van der Waals surface area contributed by atoms with E-state index in [2.05, 4.69) is 37.9 Å². The van der Waals surface area contributed by atoms with E-state index < -0.39 is 5.54 Å². The molecule has 0 spiro atoms. The molecular weight excluding hydrogens is 238 g/mol.